The highest BCUT2D eigenvalue weighted by molar-refractivity contribution is 5.97. The van der Waals surface area contributed by atoms with Crippen molar-refractivity contribution >= 4 is 5.97 Å². The largest absolute Gasteiger partial charge is 0.508 e. The average molecular weight is 376 g/mol. The van der Waals surface area contributed by atoms with Crippen LogP contribution in [0, 0.1) is 0 Å². The molecule has 1 unspecified atom stereocenters. The fourth-order valence-corrected chi connectivity index (χ4v) is 5.26. The lowest BCUT2D eigenvalue weighted by atomic mass is 9.70. The minimum absolute atomic E-state index is 0.205. The van der Waals surface area contributed by atoms with E-state index in [0.717, 1.165) is 44.5 Å². The number of rotatable bonds is 1. The molecule has 4 aromatic carbocycles. The second kappa shape index (κ2) is 5.36. The predicted octanol–water partition coefficient (Wildman–Crippen LogP) is 5.43. The van der Waals surface area contributed by atoms with E-state index in [2.05, 4.69) is 24.3 Å². The van der Waals surface area contributed by atoms with Gasteiger partial charge < -0.3 is 10.2 Å². The van der Waals surface area contributed by atoms with Gasteiger partial charge in [-0.05, 0) is 68.8 Å². The zero-order valence-corrected chi connectivity index (χ0v) is 15.4. The maximum Gasteiger partial charge on any atom is 0.335 e. The van der Waals surface area contributed by atoms with Gasteiger partial charge in [-0.25, -0.2) is 4.79 Å². The number of benzene rings is 4. The summed E-state index contributed by atoms with van der Waals surface area (Å²) < 4.78 is 0. The first-order valence-electron chi connectivity index (χ1n) is 9.53. The molecule has 1 atom stereocenters. The molecule has 0 heterocycles. The van der Waals surface area contributed by atoms with Gasteiger partial charge in [0.2, 0.25) is 0 Å². The Bertz CT molecular complexity index is 1340. The molecule has 2 aliphatic carbocycles. The van der Waals surface area contributed by atoms with Gasteiger partial charge in [0, 0.05) is 0 Å². The van der Waals surface area contributed by atoms with E-state index >= 15 is 0 Å². The van der Waals surface area contributed by atoms with Crippen LogP contribution >= 0.6 is 0 Å². The molecule has 3 heteroatoms. The third-order valence-corrected chi connectivity index (χ3v) is 6.32. The van der Waals surface area contributed by atoms with Crippen molar-refractivity contribution in [2.45, 2.75) is 5.41 Å². The minimum Gasteiger partial charge on any atom is -0.508 e. The van der Waals surface area contributed by atoms with Gasteiger partial charge >= 0.3 is 5.97 Å². The van der Waals surface area contributed by atoms with Crippen LogP contribution in [0.2, 0.25) is 0 Å². The second-order valence-electron chi connectivity index (χ2n) is 7.64. The average Bonchev–Trinajstić information content (AvgIpc) is 3.20. The zero-order valence-electron chi connectivity index (χ0n) is 15.4. The molecule has 2 N–H and O–H groups in total. The van der Waals surface area contributed by atoms with E-state index in [1.54, 1.807) is 18.2 Å². The Morgan fingerprint density at radius 3 is 1.76 bits per heavy atom. The monoisotopic (exact) mass is 376 g/mol. The summed E-state index contributed by atoms with van der Waals surface area (Å²) >= 11 is 0. The Hall–Kier alpha value is -3.85. The smallest absolute Gasteiger partial charge is 0.335 e. The molecular weight excluding hydrogens is 360 g/mol. The van der Waals surface area contributed by atoms with Crippen LogP contribution in [-0.2, 0) is 5.41 Å². The van der Waals surface area contributed by atoms with Crippen LogP contribution in [0.25, 0.3) is 22.3 Å². The van der Waals surface area contributed by atoms with E-state index in [1.807, 2.05) is 42.5 Å². The molecule has 3 nitrogen and oxygen atoms in total. The molecule has 0 saturated heterocycles. The van der Waals surface area contributed by atoms with E-state index in [4.69, 9.17) is 0 Å². The summed E-state index contributed by atoms with van der Waals surface area (Å²) in [5.41, 5.74) is 8.14. The Morgan fingerprint density at radius 1 is 0.621 bits per heavy atom. The zero-order chi connectivity index (χ0) is 19.8. The molecule has 0 aliphatic heterocycles. The van der Waals surface area contributed by atoms with Gasteiger partial charge in [0.1, 0.15) is 5.75 Å². The molecule has 0 amide bonds. The van der Waals surface area contributed by atoms with Crippen LogP contribution in [0.5, 0.6) is 5.75 Å². The maximum absolute atomic E-state index is 11.8. The Labute approximate surface area is 167 Å². The van der Waals surface area contributed by atoms with Crippen LogP contribution < -0.4 is 0 Å². The number of fused-ring (bicyclic) bond motifs is 10. The lowest BCUT2D eigenvalue weighted by Gasteiger charge is -2.30. The number of carboxylic acid groups (broad SMARTS) is 1. The Kier molecular flexibility index (Phi) is 2.98. The first kappa shape index (κ1) is 16.1. The number of aromatic hydroxyl groups is 1. The minimum atomic E-state index is -0.943. The van der Waals surface area contributed by atoms with Crippen LogP contribution in [0.4, 0.5) is 0 Å². The summed E-state index contributed by atoms with van der Waals surface area (Å²) in [7, 11) is 0. The Balaban J connectivity index is 1.85. The van der Waals surface area contributed by atoms with Crippen LogP contribution in [-0.4, -0.2) is 16.2 Å². The first-order valence-corrected chi connectivity index (χ1v) is 9.53. The van der Waals surface area contributed by atoms with Crippen molar-refractivity contribution in [2.75, 3.05) is 0 Å². The highest BCUT2D eigenvalue weighted by atomic mass is 16.4. The highest BCUT2D eigenvalue weighted by Gasteiger charge is 2.51. The summed E-state index contributed by atoms with van der Waals surface area (Å²) in [5.74, 6) is -0.738. The lowest BCUT2D eigenvalue weighted by Crippen LogP contribution is -2.26. The number of hydrogen-bond donors (Lipinski definition) is 2. The molecule has 6 rings (SSSR count). The van der Waals surface area contributed by atoms with E-state index in [0.29, 0.717) is 0 Å². The van der Waals surface area contributed by atoms with Gasteiger partial charge in [-0.2, -0.15) is 0 Å². The SMILES string of the molecule is O=C(O)c1ccc2c(c1)C1(c3ccccc3-c3ccc(O)cc31)c1ccccc1-2. The fraction of sp³-hybridized carbons (Fsp3) is 0.0385. The van der Waals surface area contributed by atoms with Crippen molar-refractivity contribution in [3.05, 3.63) is 113 Å². The normalized spacial score (nSPS) is 17.5. The molecule has 0 fully saturated rings. The van der Waals surface area contributed by atoms with Gasteiger partial charge in [-0.1, -0.05) is 60.7 Å². The summed E-state index contributed by atoms with van der Waals surface area (Å²) in [4.78, 5) is 11.8. The molecule has 1 spiro atoms. The maximum atomic E-state index is 11.8. The van der Waals surface area contributed by atoms with Crippen molar-refractivity contribution < 1.29 is 15.0 Å². The lowest BCUT2D eigenvalue weighted by molar-refractivity contribution is 0.0696. The molecule has 0 radical (unpaired) electrons. The molecule has 29 heavy (non-hydrogen) atoms. The number of carboxylic acids is 1. The number of carbonyl (C=O) groups is 1. The summed E-state index contributed by atoms with van der Waals surface area (Å²) in [6.45, 7) is 0. The van der Waals surface area contributed by atoms with Gasteiger partial charge in [0.05, 0.1) is 11.0 Å². The summed E-state index contributed by atoms with van der Waals surface area (Å²) in [5, 5.41) is 20.0. The van der Waals surface area contributed by atoms with Crippen molar-refractivity contribution in [3.63, 3.8) is 0 Å². The van der Waals surface area contributed by atoms with E-state index in [-0.39, 0.29) is 11.3 Å². The van der Waals surface area contributed by atoms with E-state index in [1.165, 1.54) is 0 Å². The molecule has 0 bridgehead atoms. The van der Waals surface area contributed by atoms with E-state index in [9.17, 15) is 15.0 Å². The van der Waals surface area contributed by atoms with Crippen LogP contribution in [0.15, 0.2) is 84.9 Å². The summed E-state index contributed by atoms with van der Waals surface area (Å²) in [6.07, 6.45) is 0. The quantitative estimate of drug-likeness (QED) is 0.402. The van der Waals surface area contributed by atoms with Gasteiger partial charge in [-0.15, -0.1) is 0 Å². The predicted molar refractivity (Wildman–Crippen MR) is 111 cm³/mol. The van der Waals surface area contributed by atoms with Crippen molar-refractivity contribution in [1.82, 2.24) is 0 Å². The van der Waals surface area contributed by atoms with E-state index < -0.39 is 11.4 Å². The van der Waals surface area contributed by atoms with Crippen molar-refractivity contribution in [1.29, 1.82) is 0 Å². The van der Waals surface area contributed by atoms with Gasteiger partial charge in [-0.3, -0.25) is 0 Å². The molecule has 138 valence electrons. The van der Waals surface area contributed by atoms with Crippen LogP contribution in [0.3, 0.4) is 0 Å². The molecular formula is C26H16O3. The fourth-order valence-electron chi connectivity index (χ4n) is 5.26. The molecule has 2 aliphatic rings. The third-order valence-electron chi connectivity index (χ3n) is 6.32. The van der Waals surface area contributed by atoms with Crippen molar-refractivity contribution in [2.24, 2.45) is 0 Å². The first-order chi connectivity index (χ1) is 14.1. The molecule has 0 aromatic heterocycles. The van der Waals surface area contributed by atoms with Gasteiger partial charge in [0.15, 0.2) is 0 Å². The highest BCUT2D eigenvalue weighted by Crippen LogP contribution is 2.63. The van der Waals surface area contributed by atoms with Crippen LogP contribution in [0.1, 0.15) is 32.6 Å². The number of hydrogen-bond acceptors (Lipinski definition) is 2. The van der Waals surface area contributed by atoms with Gasteiger partial charge in [0.25, 0.3) is 0 Å². The standard InChI is InChI=1S/C26H16O3/c27-16-10-12-20-18-6-2-4-8-22(18)26(24(20)14-16)21-7-3-1-5-17(21)19-11-9-15(25(28)29)13-23(19)26/h1-14,27H,(H,28,29). The number of phenolic OH excluding ortho intramolecular Hbond substituents is 1. The number of phenols is 1. The number of aromatic carboxylic acids is 1. The molecule has 0 saturated carbocycles. The summed E-state index contributed by atoms with van der Waals surface area (Å²) in [6, 6.07) is 27.4. The molecule has 4 aromatic rings. The topological polar surface area (TPSA) is 57.5 Å². The van der Waals surface area contributed by atoms with Crippen molar-refractivity contribution in [3.8, 4) is 28.0 Å². The second-order valence-corrected chi connectivity index (χ2v) is 7.64. The third kappa shape index (κ3) is 1.84. The Morgan fingerprint density at radius 2 is 1.14 bits per heavy atom.